The van der Waals surface area contributed by atoms with Gasteiger partial charge in [0.1, 0.15) is 0 Å². The van der Waals surface area contributed by atoms with Crippen LogP contribution in [0, 0.1) is 0 Å². The summed E-state index contributed by atoms with van der Waals surface area (Å²) in [6, 6.07) is 14.8. The Morgan fingerprint density at radius 3 is 2.36 bits per heavy atom. The van der Waals surface area contributed by atoms with Crippen molar-refractivity contribution in [2.45, 2.75) is 26.3 Å². The lowest BCUT2D eigenvalue weighted by Gasteiger charge is -2.27. The summed E-state index contributed by atoms with van der Waals surface area (Å²) in [4.78, 5) is 6.57. The molecule has 0 fully saturated rings. The first-order chi connectivity index (χ1) is 10.8. The molecule has 1 aliphatic rings. The third-order valence-electron chi connectivity index (χ3n) is 4.08. The highest BCUT2D eigenvalue weighted by Gasteiger charge is 2.11. The molecule has 112 valence electrons. The molecule has 0 saturated heterocycles. The lowest BCUT2D eigenvalue weighted by molar-refractivity contribution is 0.790. The minimum Gasteiger partial charge on any atom is -0.363 e. The number of anilines is 1. The van der Waals surface area contributed by atoms with E-state index in [0.29, 0.717) is 0 Å². The molecule has 0 atom stereocenters. The van der Waals surface area contributed by atoms with Crippen molar-refractivity contribution in [3.05, 3.63) is 83.7 Å². The second-order valence-corrected chi connectivity index (χ2v) is 5.89. The zero-order valence-electron chi connectivity index (χ0n) is 13.1. The van der Waals surface area contributed by atoms with Crippen molar-refractivity contribution in [1.29, 1.82) is 0 Å². The van der Waals surface area contributed by atoms with Crippen molar-refractivity contribution in [1.82, 2.24) is 4.98 Å². The van der Waals surface area contributed by atoms with Gasteiger partial charge in [-0.3, -0.25) is 4.98 Å². The molecule has 0 saturated carbocycles. The highest BCUT2D eigenvalue weighted by atomic mass is 15.1. The number of rotatable bonds is 5. The number of pyridine rings is 1. The van der Waals surface area contributed by atoms with Crippen molar-refractivity contribution in [2.75, 3.05) is 11.4 Å². The fraction of sp³-hybridized carbons (Fsp3) is 0.250. The number of nitrogens with zero attached hydrogens (tertiary/aromatic N) is 2. The van der Waals surface area contributed by atoms with Crippen LogP contribution in [0.1, 0.15) is 25.3 Å². The van der Waals surface area contributed by atoms with Crippen LogP contribution in [-0.4, -0.2) is 11.5 Å². The summed E-state index contributed by atoms with van der Waals surface area (Å²) in [5, 5.41) is 0. The van der Waals surface area contributed by atoms with Crippen LogP contribution in [0.25, 0.3) is 0 Å². The van der Waals surface area contributed by atoms with Gasteiger partial charge in [-0.05, 0) is 37.5 Å². The molecule has 2 nitrogen and oxygen atoms in total. The molecule has 0 bridgehead atoms. The molecule has 0 aliphatic heterocycles. The molecule has 1 heterocycles. The van der Waals surface area contributed by atoms with Crippen LogP contribution in [0.15, 0.2) is 78.2 Å². The van der Waals surface area contributed by atoms with E-state index >= 15 is 0 Å². The van der Waals surface area contributed by atoms with Gasteiger partial charge < -0.3 is 4.90 Å². The number of benzene rings is 1. The molecule has 0 N–H and O–H groups in total. The van der Waals surface area contributed by atoms with Gasteiger partial charge in [-0.25, -0.2) is 0 Å². The van der Waals surface area contributed by atoms with Crippen molar-refractivity contribution >= 4 is 5.69 Å². The minimum absolute atomic E-state index is 0.922. The third-order valence-corrected chi connectivity index (χ3v) is 4.08. The summed E-state index contributed by atoms with van der Waals surface area (Å²) in [7, 11) is 0. The summed E-state index contributed by atoms with van der Waals surface area (Å²) < 4.78 is 0. The molecule has 3 rings (SSSR count). The van der Waals surface area contributed by atoms with Crippen molar-refractivity contribution in [3.63, 3.8) is 0 Å². The summed E-state index contributed by atoms with van der Waals surface area (Å²) in [6.07, 6.45) is 10.6. The molecular formula is C20H22N2. The van der Waals surface area contributed by atoms with Gasteiger partial charge >= 0.3 is 0 Å². The Balaban J connectivity index is 1.80. The lowest BCUT2D eigenvalue weighted by atomic mass is 9.99. The third kappa shape index (κ3) is 3.85. The molecule has 0 spiro atoms. The number of allylic oxidation sites excluding steroid dienone is 3. The Hall–Kier alpha value is -2.35. The Labute approximate surface area is 132 Å². The first-order valence-electron chi connectivity index (χ1n) is 7.85. The van der Waals surface area contributed by atoms with Gasteiger partial charge in [0.2, 0.25) is 0 Å². The fourth-order valence-corrected chi connectivity index (χ4v) is 2.76. The zero-order valence-corrected chi connectivity index (χ0v) is 13.1. The molecule has 1 aromatic carbocycles. The zero-order chi connectivity index (χ0) is 15.2. The normalized spacial score (nSPS) is 14.2. The van der Waals surface area contributed by atoms with Gasteiger partial charge in [-0.1, -0.05) is 53.6 Å². The topological polar surface area (TPSA) is 16.1 Å². The fourth-order valence-electron chi connectivity index (χ4n) is 2.76. The SMILES string of the molecule is CC1=CC=C(CN(Cc2ccccc2)c2ccncc2)CC1. The van der Waals surface area contributed by atoms with E-state index in [0.717, 1.165) is 13.1 Å². The predicted molar refractivity (Wildman–Crippen MR) is 92.8 cm³/mol. The largest absolute Gasteiger partial charge is 0.363 e. The van der Waals surface area contributed by atoms with Crippen molar-refractivity contribution in [2.24, 2.45) is 0 Å². The van der Waals surface area contributed by atoms with Crippen LogP contribution < -0.4 is 4.90 Å². The standard InChI is InChI=1S/C20H22N2/c1-17-7-9-19(10-8-17)16-22(20-11-13-21-14-12-20)15-18-5-3-2-4-6-18/h2-7,9,11-14H,8,10,15-16H2,1H3. The van der Waals surface area contributed by atoms with E-state index < -0.39 is 0 Å². The summed E-state index contributed by atoms with van der Waals surface area (Å²) in [5.74, 6) is 0. The second kappa shape index (κ2) is 7.08. The Kier molecular flexibility index (Phi) is 4.69. The van der Waals surface area contributed by atoms with Crippen molar-refractivity contribution < 1.29 is 0 Å². The molecule has 0 unspecified atom stereocenters. The van der Waals surface area contributed by atoms with Crippen molar-refractivity contribution in [3.8, 4) is 0 Å². The Morgan fingerprint density at radius 2 is 1.68 bits per heavy atom. The van der Waals surface area contributed by atoms with Gasteiger partial charge in [0, 0.05) is 31.2 Å². The van der Waals surface area contributed by atoms with Gasteiger partial charge in [0.05, 0.1) is 0 Å². The quantitative estimate of drug-likeness (QED) is 0.789. The monoisotopic (exact) mass is 290 g/mol. The smallest absolute Gasteiger partial charge is 0.0433 e. The van der Waals surface area contributed by atoms with Crippen LogP contribution in [-0.2, 0) is 6.54 Å². The van der Waals surface area contributed by atoms with E-state index in [1.807, 2.05) is 12.4 Å². The molecule has 0 amide bonds. The molecule has 2 heteroatoms. The van der Waals surface area contributed by atoms with Crippen LogP contribution in [0.4, 0.5) is 5.69 Å². The maximum Gasteiger partial charge on any atom is 0.0433 e. The van der Waals surface area contributed by atoms with Crippen LogP contribution in [0.2, 0.25) is 0 Å². The molecule has 1 aromatic heterocycles. The molecule has 2 aromatic rings. The molecule has 22 heavy (non-hydrogen) atoms. The lowest BCUT2D eigenvalue weighted by Crippen LogP contribution is -2.25. The number of hydrogen-bond donors (Lipinski definition) is 0. The summed E-state index contributed by atoms with van der Waals surface area (Å²) >= 11 is 0. The van der Waals surface area contributed by atoms with E-state index in [1.54, 1.807) is 0 Å². The summed E-state index contributed by atoms with van der Waals surface area (Å²) in [6.45, 7) is 4.10. The van der Waals surface area contributed by atoms with Crippen LogP contribution >= 0.6 is 0 Å². The van der Waals surface area contributed by atoms with Crippen LogP contribution in [0.5, 0.6) is 0 Å². The first-order valence-corrected chi connectivity index (χ1v) is 7.85. The minimum atomic E-state index is 0.922. The maximum atomic E-state index is 4.14. The van der Waals surface area contributed by atoms with Gasteiger partial charge in [0.25, 0.3) is 0 Å². The predicted octanol–water partition coefficient (Wildman–Crippen LogP) is 4.75. The molecular weight excluding hydrogens is 268 g/mol. The van der Waals surface area contributed by atoms with Gasteiger partial charge in [-0.15, -0.1) is 0 Å². The maximum absolute atomic E-state index is 4.14. The Bertz CT molecular complexity index is 657. The Morgan fingerprint density at radius 1 is 0.909 bits per heavy atom. The van der Waals surface area contributed by atoms with E-state index in [9.17, 15) is 0 Å². The van der Waals surface area contributed by atoms with Gasteiger partial charge in [0.15, 0.2) is 0 Å². The van der Waals surface area contributed by atoms with E-state index in [-0.39, 0.29) is 0 Å². The average Bonchev–Trinajstić information content (AvgIpc) is 2.58. The van der Waals surface area contributed by atoms with E-state index in [1.165, 1.54) is 35.2 Å². The first kappa shape index (κ1) is 14.6. The molecule has 0 radical (unpaired) electrons. The average molecular weight is 290 g/mol. The number of hydrogen-bond acceptors (Lipinski definition) is 2. The second-order valence-electron chi connectivity index (χ2n) is 5.89. The van der Waals surface area contributed by atoms with Gasteiger partial charge in [-0.2, -0.15) is 0 Å². The molecule has 1 aliphatic carbocycles. The summed E-state index contributed by atoms with van der Waals surface area (Å²) in [5.41, 5.74) is 5.54. The van der Waals surface area contributed by atoms with Crippen LogP contribution in [0.3, 0.4) is 0 Å². The number of aromatic nitrogens is 1. The highest BCUT2D eigenvalue weighted by Crippen LogP contribution is 2.23. The van der Waals surface area contributed by atoms with E-state index in [2.05, 4.69) is 71.4 Å². The highest BCUT2D eigenvalue weighted by molar-refractivity contribution is 5.47. The van der Waals surface area contributed by atoms with E-state index in [4.69, 9.17) is 0 Å².